The fourth-order valence-corrected chi connectivity index (χ4v) is 4.41. The molecule has 8 heteroatoms. The molecule has 1 aliphatic rings. The Balaban J connectivity index is 1.50. The van der Waals surface area contributed by atoms with E-state index in [1.165, 1.54) is 0 Å². The van der Waals surface area contributed by atoms with Crippen molar-refractivity contribution in [2.75, 3.05) is 23.3 Å². The molecular weight excluding hydrogens is 418 g/mol. The number of nitrogens with one attached hydrogen (secondary N) is 1. The number of benzene rings is 2. The van der Waals surface area contributed by atoms with E-state index < -0.39 is 12.2 Å². The highest BCUT2D eigenvalue weighted by Crippen LogP contribution is 2.34. The predicted molar refractivity (Wildman–Crippen MR) is 121 cm³/mol. The number of aromatic nitrogens is 2. The lowest BCUT2D eigenvalue weighted by Crippen LogP contribution is -2.34. The highest BCUT2D eigenvalue weighted by Gasteiger charge is 2.26. The number of fused-ring (bicyclic) bond motifs is 1. The molecule has 0 saturated heterocycles. The van der Waals surface area contributed by atoms with E-state index in [-0.39, 0.29) is 12.5 Å². The van der Waals surface area contributed by atoms with E-state index in [9.17, 15) is 13.6 Å². The van der Waals surface area contributed by atoms with Gasteiger partial charge in [0, 0.05) is 23.5 Å². The molecule has 4 rings (SSSR count). The van der Waals surface area contributed by atoms with Gasteiger partial charge in [-0.2, -0.15) is 4.37 Å². The molecule has 1 aromatic heterocycles. The molecular formula is C23H22F2N4OS. The van der Waals surface area contributed by atoms with Gasteiger partial charge < -0.3 is 10.2 Å². The molecule has 0 bridgehead atoms. The topological polar surface area (TPSA) is 58.1 Å². The van der Waals surface area contributed by atoms with Crippen molar-refractivity contribution in [1.82, 2.24) is 9.36 Å². The van der Waals surface area contributed by atoms with Crippen LogP contribution in [0.2, 0.25) is 0 Å². The molecule has 2 aromatic carbocycles. The van der Waals surface area contributed by atoms with E-state index in [4.69, 9.17) is 0 Å². The summed E-state index contributed by atoms with van der Waals surface area (Å²) in [5, 5.41) is 3.62. The number of carbonyl (C=O) groups is 1. The van der Waals surface area contributed by atoms with Crippen molar-refractivity contribution in [3.05, 3.63) is 65.5 Å². The number of allylic oxidation sites excluding steroid dienone is 1. The van der Waals surface area contributed by atoms with Crippen molar-refractivity contribution in [2.24, 2.45) is 0 Å². The van der Waals surface area contributed by atoms with E-state index in [0.29, 0.717) is 17.1 Å². The largest absolute Gasteiger partial charge is 0.376 e. The summed E-state index contributed by atoms with van der Waals surface area (Å²) >= 11 is 0.935. The Labute approximate surface area is 183 Å². The van der Waals surface area contributed by atoms with Gasteiger partial charge in [0.1, 0.15) is 5.01 Å². The molecule has 5 nitrogen and oxygen atoms in total. The van der Waals surface area contributed by atoms with Crippen LogP contribution in [0, 0.1) is 6.92 Å². The fraction of sp³-hybridized carbons (Fsp3) is 0.261. The molecule has 2 heterocycles. The van der Waals surface area contributed by atoms with Crippen LogP contribution in [-0.2, 0) is 11.2 Å². The van der Waals surface area contributed by atoms with Crippen LogP contribution in [0.5, 0.6) is 0 Å². The van der Waals surface area contributed by atoms with Gasteiger partial charge >= 0.3 is 0 Å². The molecule has 160 valence electrons. The third kappa shape index (κ3) is 4.20. The average Bonchev–Trinajstić information content (AvgIpc) is 3.40. The third-order valence-electron chi connectivity index (χ3n) is 5.34. The zero-order valence-electron chi connectivity index (χ0n) is 17.3. The Morgan fingerprint density at radius 1 is 1.32 bits per heavy atom. The summed E-state index contributed by atoms with van der Waals surface area (Å²) in [6.07, 6.45) is -1.89. The van der Waals surface area contributed by atoms with Crippen LogP contribution in [0.4, 0.5) is 20.2 Å². The van der Waals surface area contributed by atoms with Gasteiger partial charge in [0.15, 0.2) is 0 Å². The van der Waals surface area contributed by atoms with Crippen molar-refractivity contribution < 1.29 is 13.6 Å². The molecule has 0 unspecified atom stereocenters. The first-order valence-corrected chi connectivity index (χ1v) is 10.7. The lowest BCUT2D eigenvalue weighted by Gasteiger charge is -2.19. The van der Waals surface area contributed by atoms with Gasteiger partial charge in [0.05, 0.1) is 6.54 Å². The number of carbonyl (C=O) groups excluding carboxylic acids is 1. The van der Waals surface area contributed by atoms with Crippen LogP contribution in [0.3, 0.4) is 0 Å². The number of rotatable bonds is 6. The Bertz CT molecular complexity index is 1160. The van der Waals surface area contributed by atoms with Crippen LogP contribution < -0.4 is 10.2 Å². The standard InChI is InChI=1S/C23H22F2N4OS/c1-13(2)16-5-4-6-19-17(16)9-10-29(19)20(30)12-26-18-11-15(8-7-14(18)3)23-27-22(21(24)25)28-31-23/h4-8,11,21,26H,1,9-10,12H2,2-3H3. The SMILES string of the molecule is C=C(C)c1cccc2c1CCN2C(=O)CNc1cc(-c2nc(C(F)F)ns2)ccc1C. The fourth-order valence-electron chi connectivity index (χ4n) is 3.75. The second kappa shape index (κ2) is 8.55. The van der Waals surface area contributed by atoms with E-state index in [0.717, 1.165) is 51.6 Å². The summed E-state index contributed by atoms with van der Waals surface area (Å²) in [5.74, 6) is -0.495. The summed E-state index contributed by atoms with van der Waals surface area (Å²) in [4.78, 5) is 18.6. The van der Waals surface area contributed by atoms with Gasteiger partial charge in [0.25, 0.3) is 6.43 Å². The van der Waals surface area contributed by atoms with Crippen LogP contribution in [0.15, 0.2) is 43.0 Å². The van der Waals surface area contributed by atoms with Gasteiger partial charge in [-0.25, -0.2) is 13.8 Å². The highest BCUT2D eigenvalue weighted by atomic mass is 32.1. The van der Waals surface area contributed by atoms with Gasteiger partial charge in [-0.05, 0) is 60.6 Å². The first-order valence-electron chi connectivity index (χ1n) is 9.90. The lowest BCUT2D eigenvalue weighted by atomic mass is 10.00. The molecule has 0 fully saturated rings. The average molecular weight is 441 g/mol. The minimum Gasteiger partial charge on any atom is -0.376 e. The van der Waals surface area contributed by atoms with E-state index in [1.54, 1.807) is 4.90 Å². The maximum absolute atomic E-state index is 12.9. The van der Waals surface area contributed by atoms with Gasteiger partial charge in [-0.15, -0.1) is 0 Å². The zero-order chi connectivity index (χ0) is 22.1. The number of nitrogens with zero attached hydrogens (tertiary/aromatic N) is 3. The van der Waals surface area contributed by atoms with Crippen LogP contribution >= 0.6 is 11.5 Å². The monoisotopic (exact) mass is 440 g/mol. The van der Waals surface area contributed by atoms with Crippen LogP contribution in [-0.4, -0.2) is 28.4 Å². The second-order valence-corrected chi connectivity index (χ2v) is 8.27. The molecule has 31 heavy (non-hydrogen) atoms. The minimum atomic E-state index is -2.70. The van der Waals surface area contributed by atoms with Crippen molar-refractivity contribution in [2.45, 2.75) is 26.7 Å². The predicted octanol–water partition coefficient (Wildman–Crippen LogP) is 5.49. The first-order chi connectivity index (χ1) is 14.8. The summed E-state index contributed by atoms with van der Waals surface area (Å²) in [6.45, 7) is 8.69. The van der Waals surface area contributed by atoms with Gasteiger partial charge in [-0.3, -0.25) is 4.79 Å². The summed E-state index contributed by atoms with van der Waals surface area (Å²) < 4.78 is 29.3. The van der Waals surface area contributed by atoms with Crippen LogP contribution in [0.1, 0.15) is 35.9 Å². The number of hydrogen-bond donors (Lipinski definition) is 1. The summed E-state index contributed by atoms with van der Waals surface area (Å²) in [5.41, 5.74) is 6.57. The number of amides is 1. The quantitative estimate of drug-likeness (QED) is 0.551. The van der Waals surface area contributed by atoms with E-state index in [2.05, 4.69) is 21.3 Å². The van der Waals surface area contributed by atoms with Crippen molar-refractivity contribution in [1.29, 1.82) is 0 Å². The normalized spacial score (nSPS) is 12.9. The Hall–Kier alpha value is -3.13. The van der Waals surface area contributed by atoms with Crippen molar-refractivity contribution in [3.63, 3.8) is 0 Å². The van der Waals surface area contributed by atoms with E-state index in [1.807, 2.05) is 50.2 Å². The van der Waals surface area contributed by atoms with E-state index >= 15 is 0 Å². The number of aryl methyl sites for hydroxylation is 1. The molecule has 1 amide bonds. The zero-order valence-corrected chi connectivity index (χ0v) is 18.1. The smallest absolute Gasteiger partial charge is 0.298 e. The van der Waals surface area contributed by atoms with Crippen molar-refractivity contribution >= 4 is 34.4 Å². The second-order valence-electron chi connectivity index (χ2n) is 7.52. The summed E-state index contributed by atoms with van der Waals surface area (Å²) in [6, 6.07) is 11.5. The maximum Gasteiger partial charge on any atom is 0.298 e. The Morgan fingerprint density at radius 3 is 2.84 bits per heavy atom. The number of halogens is 2. The Kier molecular flexibility index (Phi) is 5.82. The van der Waals surface area contributed by atoms with Crippen LogP contribution in [0.25, 0.3) is 16.1 Å². The molecule has 0 saturated carbocycles. The molecule has 0 spiro atoms. The molecule has 0 atom stereocenters. The lowest BCUT2D eigenvalue weighted by molar-refractivity contribution is -0.116. The third-order valence-corrected chi connectivity index (χ3v) is 6.12. The van der Waals surface area contributed by atoms with Gasteiger partial charge in [0.2, 0.25) is 11.7 Å². The maximum atomic E-state index is 12.9. The number of anilines is 2. The molecule has 1 aliphatic heterocycles. The van der Waals surface area contributed by atoms with Crippen molar-refractivity contribution in [3.8, 4) is 10.6 Å². The molecule has 1 N–H and O–H groups in total. The number of hydrogen-bond acceptors (Lipinski definition) is 5. The molecule has 0 radical (unpaired) electrons. The summed E-state index contributed by atoms with van der Waals surface area (Å²) in [7, 11) is 0. The molecule has 0 aliphatic carbocycles. The highest BCUT2D eigenvalue weighted by molar-refractivity contribution is 7.09. The first kappa shape index (κ1) is 21.1. The number of alkyl halides is 2. The minimum absolute atomic E-state index is 0.0293. The Morgan fingerprint density at radius 2 is 2.13 bits per heavy atom. The van der Waals surface area contributed by atoms with Gasteiger partial charge in [-0.1, -0.05) is 36.4 Å². The molecule has 3 aromatic rings.